The molecule has 0 radical (unpaired) electrons. The minimum atomic E-state index is 0.302. The molecule has 0 bridgehead atoms. The second-order valence-electron chi connectivity index (χ2n) is 6.74. The first kappa shape index (κ1) is 15.6. The molecule has 0 unspecified atom stereocenters. The molecular weight excluding hydrogens is 316 g/mol. The summed E-state index contributed by atoms with van der Waals surface area (Å²) in [5.74, 6) is 1.01. The number of fused-ring (bicyclic) bond motifs is 3. The lowest BCUT2D eigenvalue weighted by atomic mass is 9.94. The van der Waals surface area contributed by atoms with Gasteiger partial charge in [-0.3, -0.25) is 9.20 Å². The molecule has 0 aromatic carbocycles. The molecule has 1 saturated carbocycles. The molecular formula is C18H20N6O. The van der Waals surface area contributed by atoms with E-state index in [2.05, 4.69) is 30.8 Å². The van der Waals surface area contributed by atoms with Crippen LogP contribution in [0.2, 0.25) is 0 Å². The first-order chi connectivity index (χ1) is 12.3. The maximum absolute atomic E-state index is 12.4. The molecule has 0 spiro atoms. The summed E-state index contributed by atoms with van der Waals surface area (Å²) in [7, 11) is 0. The Hall–Kier alpha value is -2.88. The molecule has 1 saturated heterocycles. The predicted octanol–water partition coefficient (Wildman–Crippen LogP) is 2.47. The molecule has 7 nitrogen and oxygen atoms in total. The van der Waals surface area contributed by atoms with Gasteiger partial charge in [-0.05, 0) is 31.7 Å². The number of carbonyl (C=O) groups is 1. The van der Waals surface area contributed by atoms with Gasteiger partial charge in [-0.15, -0.1) is 0 Å². The van der Waals surface area contributed by atoms with E-state index in [1.807, 2.05) is 18.5 Å². The van der Waals surface area contributed by atoms with Gasteiger partial charge in [0.1, 0.15) is 0 Å². The number of nitriles is 1. The van der Waals surface area contributed by atoms with Gasteiger partial charge >= 0.3 is 0 Å². The molecule has 2 aliphatic rings. The van der Waals surface area contributed by atoms with Gasteiger partial charge in [0.2, 0.25) is 5.91 Å². The standard InChI is InChI=1S/C17H19N5O.CHN/c23-17(11-3-4-11)21-7-1-2-12(10-21)14-8-19-15-9-20-16-13(22(14)15)5-6-18-16;1-2/h5-6,8-9,11-12,18H,1-4,7,10H2;1H/t12-;/m0./s1. The molecule has 1 aliphatic heterocycles. The number of carbonyl (C=O) groups excluding carboxylic acids is 1. The van der Waals surface area contributed by atoms with E-state index >= 15 is 0 Å². The van der Waals surface area contributed by atoms with Crippen LogP contribution in [-0.4, -0.2) is 43.2 Å². The van der Waals surface area contributed by atoms with E-state index in [0.29, 0.717) is 17.7 Å². The second-order valence-corrected chi connectivity index (χ2v) is 6.74. The molecule has 4 heterocycles. The summed E-state index contributed by atoms with van der Waals surface area (Å²) in [5.41, 5.74) is 4.00. The zero-order valence-corrected chi connectivity index (χ0v) is 13.9. The summed E-state index contributed by atoms with van der Waals surface area (Å²) < 4.78 is 2.19. The molecule has 3 aromatic rings. The number of hydrogen-bond donors (Lipinski definition) is 1. The largest absolute Gasteiger partial charge is 0.345 e. The molecule has 128 valence electrons. The average Bonchev–Trinajstić information content (AvgIpc) is 3.24. The minimum Gasteiger partial charge on any atom is -0.345 e. The third-order valence-corrected chi connectivity index (χ3v) is 5.15. The van der Waals surface area contributed by atoms with Gasteiger partial charge in [-0.1, -0.05) is 0 Å². The van der Waals surface area contributed by atoms with Crippen molar-refractivity contribution in [1.82, 2.24) is 24.3 Å². The number of rotatable bonds is 2. The third-order valence-electron chi connectivity index (χ3n) is 5.15. The topological polar surface area (TPSA) is 90.1 Å². The Bertz CT molecular complexity index is 935. The van der Waals surface area contributed by atoms with E-state index < -0.39 is 0 Å². The highest BCUT2D eigenvalue weighted by Gasteiger charge is 2.36. The summed E-state index contributed by atoms with van der Waals surface area (Å²) >= 11 is 0. The first-order valence-corrected chi connectivity index (χ1v) is 8.65. The number of piperidine rings is 1. The highest BCUT2D eigenvalue weighted by Crippen LogP contribution is 2.35. The normalized spacial score (nSPS) is 20.4. The van der Waals surface area contributed by atoms with E-state index in [4.69, 9.17) is 5.26 Å². The number of imidazole rings is 1. The van der Waals surface area contributed by atoms with Crippen LogP contribution in [-0.2, 0) is 4.79 Å². The first-order valence-electron chi connectivity index (χ1n) is 8.65. The minimum absolute atomic E-state index is 0.302. The van der Waals surface area contributed by atoms with Crippen LogP contribution in [0.4, 0.5) is 0 Å². The van der Waals surface area contributed by atoms with Gasteiger partial charge in [0.25, 0.3) is 0 Å². The Morgan fingerprint density at radius 3 is 2.88 bits per heavy atom. The van der Waals surface area contributed by atoms with Crippen molar-refractivity contribution in [2.45, 2.75) is 31.6 Å². The van der Waals surface area contributed by atoms with Crippen molar-refractivity contribution in [2.24, 2.45) is 5.92 Å². The van der Waals surface area contributed by atoms with Crippen molar-refractivity contribution in [1.29, 1.82) is 5.26 Å². The van der Waals surface area contributed by atoms with Crippen LogP contribution >= 0.6 is 0 Å². The van der Waals surface area contributed by atoms with Gasteiger partial charge in [0, 0.05) is 49.6 Å². The van der Waals surface area contributed by atoms with Gasteiger partial charge in [-0.2, -0.15) is 0 Å². The van der Waals surface area contributed by atoms with Gasteiger partial charge < -0.3 is 9.88 Å². The van der Waals surface area contributed by atoms with Crippen molar-refractivity contribution in [3.8, 4) is 6.57 Å². The number of aromatic amines is 1. The number of amides is 1. The van der Waals surface area contributed by atoms with E-state index in [-0.39, 0.29) is 0 Å². The van der Waals surface area contributed by atoms with Crippen LogP contribution in [0.25, 0.3) is 16.8 Å². The maximum atomic E-state index is 12.4. The zero-order valence-electron chi connectivity index (χ0n) is 13.9. The molecule has 25 heavy (non-hydrogen) atoms. The summed E-state index contributed by atoms with van der Waals surface area (Å²) in [6, 6.07) is 2.04. The van der Waals surface area contributed by atoms with E-state index in [1.54, 1.807) is 6.20 Å². The van der Waals surface area contributed by atoms with Crippen LogP contribution in [0.15, 0.2) is 24.7 Å². The summed E-state index contributed by atoms with van der Waals surface area (Å²) in [5, 5.41) is 6.50. The lowest BCUT2D eigenvalue weighted by molar-refractivity contribution is -0.133. The molecule has 2 fully saturated rings. The molecule has 7 heteroatoms. The second kappa shape index (κ2) is 6.20. The Morgan fingerprint density at radius 2 is 2.08 bits per heavy atom. The van der Waals surface area contributed by atoms with E-state index in [9.17, 15) is 4.79 Å². The van der Waals surface area contributed by atoms with Gasteiger partial charge in [0.05, 0.1) is 11.7 Å². The molecule has 1 atom stereocenters. The molecule has 1 N–H and O–H groups in total. The average molecular weight is 336 g/mol. The van der Waals surface area contributed by atoms with E-state index in [1.165, 1.54) is 5.69 Å². The molecule has 1 amide bonds. The lowest BCUT2D eigenvalue weighted by Gasteiger charge is -2.32. The van der Waals surface area contributed by atoms with Crippen LogP contribution in [0, 0.1) is 17.8 Å². The summed E-state index contributed by atoms with van der Waals surface area (Å²) in [6.07, 6.45) is 9.99. The fraction of sp³-hybridized carbons (Fsp3) is 0.444. The van der Waals surface area contributed by atoms with Gasteiger partial charge in [-0.25, -0.2) is 15.2 Å². The fourth-order valence-corrected chi connectivity index (χ4v) is 3.79. The predicted molar refractivity (Wildman–Crippen MR) is 92.8 cm³/mol. The molecule has 3 aromatic heterocycles. The Morgan fingerprint density at radius 1 is 1.24 bits per heavy atom. The van der Waals surface area contributed by atoms with Crippen LogP contribution in [0.3, 0.4) is 0 Å². The highest BCUT2D eigenvalue weighted by molar-refractivity contribution is 5.81. The number of nitrogens with zero attached hydrogens (tertiary/aromatic N) is 5. The highest BCUT2D eigenvalue weighted by atomic mass is 16.2. The maximum Gasteiger partial charge on any atom is 0.225 e. The van der Waals surface area contributed by atoms with E-state index in [0.717, 1.165) is 55.6 Å². The fourth-order valence-electron chi connectivity index (χ4n) is 3.79. The Kier molecular flexibility index (Phi) is 3.88. The lowest BCUT2D eigenvalue weighted by Crippen LogP contribution is -2.40. The Labute approximate surface area is 145 Å². The zero-order chi connectivity index (χ0) is 17.4. The smallest absolute Gasteiger partial charge is 0.225 e. The number of likely N-dealkylation sites (tertiary alicyclic amines) is 1. The molecule has 1 aliphatic carbocycles. The van der Waals surface area contributed by atoms with Crippen molar-refractivity contribution in [3.05, 3.63) is 30.4 Å². The number of H-pyrrole nitrogens is 1. The van der Waals surface area contributed by atoms with Crippen molar-refractivity contribution in [3.63, 3.8) is 0 Å². The summed E-state index contributed by atoms with van der Waals surface area (Å²) in [4.78, 5) is 26.5. The van der Waals surface area contributed by atoms with Crippen molar-refractivity contribution >= 4 is 22.7 Å². The SMILES string of the molecule is C#N.O=C(C1CC1)N1CCC[C@H](c2cnc3cnc4[nH]ccc4n23)C1. The number of aromatic nitrogens is 4. The van der Waals surface area contributed by atoms with Crippen LogP contribution in [0.1, 0.15) is 37.3 Å². The summed E-state index contributed by atoms with van der Waals surface area (Å²) in [6.45, 7) is 5.22. The Balaban J connectivity index is 0.000000758. The van der Waals surface area contributed by atoms with Crippen LogP contribution in [0.5, 0.6) is 0 Å². The third kappa shape index (κ3) is 2.64. The van der Waals surface area contributed by atoms with Gasteiger partial charge in [0.15, 0.2) is 11.3 Å². The van der Waals surface area contributed by atoms with Crippen LogP contribution < -0.4 is 0 Å². The number of nitrogens with one attached hydrogen (secondary N) is 1. The quantitative estimate of drug-likeness (QED) is 0.778. The van der Waals surface area contributed by atoms with Crippen molar-refractivity contribution < 1.29 is 4.79 Å². The molecule has 5 rings (SSSR count). The van der Waals surface area contributed by atoms with Crippen molar-refractivity contribution in [2.75, 3.05) is 13.1 Å². The monoisotopic (exact) mass is 336 g/mol. The number of hydrogen-bond acceptors (Lipinski definition) is 4.